The molecule has 0 aromatic heterocycles. The van der Waals surface area contributed by atoms with Crippen LogP contribution in [0.4, 0.5) is 13.6 Å². The standard InChI is InChI=1S/C14H14F2N2O3/c15-13(16)21-11-6-2-1-4-9(11)8-18-12(19)10-5-3-7-17(10)14(18)20/h1-2,4,6,10,13H,3,5,7-8H2. The van der Waals surface area contributed by atoms with Crippen LogP contribution in [0.2, 0.25) is 0 Å². The fourth-order valence-corrected chi connectivity index (χ4v) is 2.84. The number of fused-ring (bicyclic) bond motifs is 1. The van der Waals surface area contributed by atoms with Crippen molar-refractivity contribution in [3.8, 4) is 5.75 Å². The van der Waals surface area contributed by atoms with Crippen LogP contribution < -0.4 is 4.74 Å². The largest absolute Gasteiger partial charge is 0.434 e. The summed E-state index contributed by atoms with van der Waals surface area (Å²) < 4.78 is 29.2. The van der Waals surface area contributed by atoms with Crippen LogP contribution in [0.25, 0.3) is 0 Å². The van der Waals surface area contributed by atoms with Gasteiger partial charge < -0.3 is 9.64 Å². The van der Waals surface area contributed by atoms with Crippen molar-refractivity contribution in [1.29, 1.82) is 0 Å². The molecule has 2 aliphatic heterocycles. The number of hydrogen-bond donors (Lipinski definition) is 0. The molecule has 3 rings (SSSR count). The number of urea groups is 1. The van der Waals surface area contributed by atoms with Crippen LogP contribution in [-0.4, -0.2) is 40.9 Å². The summed E-state index contributed by atoms with van der Waals surface area (Å²) in [5.74, 6) is -0.274. The maximum absolute atomic E-state index is 12.4. The molecule has 112 valence electrons. The summed E-state index contributed by atoms with van der Waals surface area (Å²) in [7, 11) is 0. The van der Waals surface area contributed by atoms with Gasteiger partial charge in [-0.2, -0.15) is 8.78 Å². The molecular weight excluding hydrogens is 282 g/mol. The van der Waals surface area contributed by atoms with Gasteiger partial charge in [-0.3, -0.25) is 9.69 Å². The maximum Gasteiger partial charge on any atom is 0.387 e. The fourth-order valence-electron chi connectivity index (χ4n) is 2.84. The Balaban J connectivity index is 1.81. The van der Waals surface area contributed by atoms with Crippen molar-refractivity contribution in [2.75, 3.05) is 6.54 Å². The molecule has 0 N–H and O–H groups in total. The van der Waals surface area contributed by atoms with Crippen LogP contribution in [0.3, 0.4) is 0 Å². The number of ether oxygens (including phenoxy) is 1. The molecule has 1 atom stereocenters. The predicted molar refractivity (Wildman–Crippen MR) is 68.7 cm³/mol. The van der Waals surface area contributed by atoms with Crippen LogP contribution >= 0.6 is 0 Å². The van der Waals surface area contributed by atoms with E-state index in [9.17, 15) is 18.4 Å². The van der Waals surface area contributed by atoms with Crippen molar-refractivity contribution in [1.82, 2.24) is 9.80 Å². The van der Waals surface area contributed by atoms with Gasteiger partial charge in [0.05, 0.1) is 6.54 Å². The molecule has 0 aliphatic carbocycles. The SMILES string of the molecule is O=C1C2CCCN2C(=O)N1Cc1ccccc1OC(F)F. The van der Waals surface area contributed by atoms with Gasteiger partial charge in [-0.1, -0.05) is 18.2 Å². The minimum atomic E-state index is -2.95. The second-order valence-electron chi connectivity index (χ2n) is 5.04. The summed E-state index contributed by atoms with van der Waals surface area (Å²) in [6.45, 7) is -2.42. The van der Waals surface area contributed by atoms with E-state index in [-0.39, 0.29) is 30.3 Å². The molecule has 0 saturated carbocycles. The molecule has 0 bridgehead atoms. The number of halogens is 2. The number of rotatable bonds is 4. The Morgan fingerprint density at radius 1 is 1.29 bits per heavy atom. The molecule has 7 heteroatoms. The molecule has 2 saturated heterocycles. The fraction of sp³-hybridized carbons (Fsp3) is 0.429. The second kappa shape index (κ2) is 5.31. The zero-order valence-electron chi connectivity index (χ0n) is 11.2. The van der Waals surface area contributed by atoms with Crippen molar-refractivity contribution < 1.29 is 23.1 Å². The quantitative estimate of drug-likeness (QED) is 0.800. The molecule has 3 amide bonds. The number of nitrogens with zero attached hydrogens (tertiary/aromatic N) is 2. The predicted octanol–water partition coefficient (Wildman–Crippen LogP) is 2.21. The molecular formula is C14H14F2N2O3. The van der Waals surface area contributed by atoms with Crippen LogP contribution in [0.1, 0.15) is 18.4 Å². The summed E-state index contributed by atoms with van der Waals surface area (Å²) in [6, 6.07) is 5.44. The molecule has 2 aliphatic rings. The molecule has 0 radical (unpaired) electrons. The lowest BCUT2D eigenvalue weighted by molar-refractivity contribution is -0.128. The van der Waals surface area contributed by atoms with Crippen molar-refractivity contribution in [2.24, 2.45) is 0 Å². The monoisotopic (exact) mass is 296 g/mol. The Morgan fingerprint density at radius 3 is 2.76 bits per heavy atom. The Labute approximate surface area is 120 Å². The van der Waals surface area contributed by atoms with Gasteiger partial charge in [-0.15, -0.1) is 0 Å². The summed E-state index contributed by atoms with van der Waals surface area (Å²) in [5, 5.41) is 0. The molecule has 5 nitrogen and oxygen atoms in total. The molecule has 2 fully saturated rings. The Morgan fingerprint density at radius 2 is 2.05 bits per heavy atom. The van der Waals surface area contributed by atoms with Crippen LogP contribution in [0.5, 0.6) is 5.75 Å². The van der Waals surface area contributed by atoms with Crippen molar-refractivity contribution in [3.63, 3.8) is 0 Å². The highest BCUT2D eigenvalue weighted by molar-refractivity contribution is 6.04. The zero-order valence-corrected chi connectivity index (χ0v) is 11.2. The molecule has 1 aromatic rings. The average molecular weight is 296 g/mol. The third kappa shape index (κ3) is 2.43. The molecule has 1 unspecified atom stereocenters. The number of carbonyl (C=O) groups excluding carboxylic acids is 2. The highest BCUT2D eigenvalue weighted by Gasteiger charge is 2.47. The average Bonchev–Trinajstić information content (AvgIpc) is 3.00. The molecule has 21 heavy (non-hydrogen) atoms. The van der Waals surface area contributed by atoms with Gasteiger partial charge in [-0.25, -0.2) is 4.79 Å². The van der Waals surface area contributed by atoms with Gasteiger partial charge in [0.2, 0.25) is 0 Å². The van der Waals surface area contributed by atoms with E-state index in [4.69, 9.17) is 0 Å². The smallest absolute Gasteiger partial charge is 0.387 e. The van der Waals surface area contributed by atoms with Crippen molar-refractivity contribution >= 4 is 11.9 Å². The highest BCUT2D eigenvalue weighted by Crippen LogP contribution is 2.30. The number of para-hydroxylation sites is 1. The number of alkyl halides is 2. The van der Waals surface area contributed by atoms with E-state index in [0.29, 0.717) is 18.5 Å². The highest BCUT2D eigenvalue weighted by atomic mass is 19.3. The maximum atomic E-state index is 12.4. The van der Waals surface area contributed by atoms with Crippen LogP contribution in [0.15, 0.2) is 24.3 Å². The topological polar surface area (TPSA) is 49.9 Å². The first-order chi connectivity index (χ1) is 10.1. The Hall–Kier alpha value is -2.18. The van der Waals surface area contributed by atoms with Gasteiger partial charge in [0, 0.05) is 12.1 Å². The summed E-state index contributed by atoms with van der Waals surface area (Å²) in [6.07, 6.45) is 1.48. The third-order valence-electron chi connectivity index (χ3n) is 3.80. The lowest BCUT2D eigenvalue weighted by Gasteiger charge is -2.17. The van der Waals surface area contributed by atoms with E-state index in [1.54, 1.807) is 23.1 Å². The van der Waals surface area contributed by atoms with Gasteiger partial charge in [0.1, 0.15) is 11.8 Å². The number of carbonyl (C=O) groups is 2. The first-order valence-corrected chi connectivity index (χ1v) is 6.72. The molecule has 2 heterocycles. The van der Waals surface area contributed by atoms with E-state index in [2.05, 4.69) is 4.74 Å². The Kier molecular flexibility index (Phi) is 3.48. The van der Waals surface area contributed by atoms with Gasteiger partial charge in [0.15, 0.2) is 0 Å². The number of amides is 3. The van der Waals surface area contributed by atoms with Gasteiger partial charge in [0.25, 0.3) is 5.91 Å². The molecule has 1 aromatic carbocycles. The first-order valence-electron chi connectivity index (χ1n) is 6.72. The van der Waals surface area contributed by atoms with E-state index >= 15 is 0 Å². The molecule has 0 spiro atoms. The minimum Gasteiger partial charge on any atom is -0.434 e. The lowest BCUT2D eigenvalue weighted by Crippen LogP contribution is -2.32. The van der Waals surface area contributed by atoms with E-state index in [1.807, 2.05) is 0 Å². The lowest BCUT2D eigenvalue weighted by atomic mass is 10.1. The van der Waals surface area contributed by atoms with Crippen LogP contribution in [-0.2, 0) is 11.3 Å². The zero-order chi connectivity index (χ0) is 15.0. The minimum absolute atomic E-state index is 0.0137. The second-order valence-corrected chi connectivity index (χ2v) is 5.04. The van der Waals surface area contributed by atoms with E-state index in [0.717, 1.165) is 11.3 Å². The van der Waals surface area contributed by atoms with Crippen molar-refractivity contribution in [3.05, 3.63) is 29.8 Å². The van der Waals surface area contributed by atoms with Crippen LogP contribution in [0, 0.1) is 0 Å². The normalized spacial score (nSPS) is 21.4. The van der Waals surface area contributed by atoms with Gasteiger partial charge in [-0.05, 0) is 18.9 Å². The summed E-state index contributed by atoms with van der Waals surface area (Å²) in [4.78, 5) is 27.0. The summed E-state index contributed by atoms with van der Waals surface area (Å²) >= 11 is 0. The third-order valence-corrected chi connectivity index (χ3v) is 3.80. The first kappa shape index (κ1) is 13.8. The Bertz CT molecular complexity index is 557. The number of imide groups is 1. The number of hydrogen-bond acceptors (Lipinski definition) is 3. The van der Waals surface area contributed by atoms with E-state index in [1.165, 1.54) is 6.07 Å². The number of benzene rings is 1. The van der Waals surface area contributed by atoms with E-state index < -0.39 is 6.61 Å². The summed E-state index contributed by atoms with van der Waals surface area (Å²) in [5.41, 5.74) is 0.390. The van der Waals surface area contributed by atoms with Crippen molar-refractivity contribution in [2.45, 2.75) is 32.0 Å². The van der Waals surface area contributed by atoms with Gasteiger partial charge >= 0.3 is 12.6 Å².